The second-order valence-corrected chi connectivity index (χ2v) is 5.47. The van der Waals surface area contributed by atoms with Crippen LogP contribution >= 0.6 is 0 Å². The Hall–Kier alpha value is -3.49. The Morgan fingerprint density at radius 1 is 1.20 bits per heavy atom. The highest BCUT2D eigenvalue weighted by atomic mass is 16.6. The van der Waals surface area contributed by atoms with Crippen LogP contribution in [-0.4, -0.2) is 23.0 Å². The molecule has 2 N–H and O–H groups in total. The monoisotopic (exact) mass is 342 g/mol. The van der Waals surface area contributed by atoms with E-state index < -0.39 is 16.7 Å². The zero-order chi connectivity index (χ0) is 17.8. The van der Waals surface area contributed by atoms with Gasteiger partial charge in [0, 0.05) is 17.2 Å². The van der Waals surface area contributed by atoms with Gasteiger partial charge in [0.15, 0.2) is 5.76 Å². The molecule has 9 heteroatoms. The molecule has 1 saturated carbocycles. The Morgan fingerprint density at radius 3 is 2.52 bits per heavy atom. The number of benzene rings is 1. The minimum Gasteiger partial charge on any atom is -0.400 e. The third kappa shape index (κ3) is 4.28. The summed E-state index contributed by atoms with van der Waals surface area (Å²) in [6, 6.07) is 8.95. The third-order valence-corrected chi connectivity index (χ3v) is 3.51. The molecule has 0 bridgehead atoms. The van der Waals surface area contributed by atoms with E-state index in [1.54, 1.807) is 24.3 Å². The fourth-order valence-electron chi connectivity index (χ4n) is 2.02. The first-order chi connectivity index (χ1) is 12.0. The number of hydrogen-bond acceptors (Lipinski definition) is 6. The Morgan fingerprint density at radius 2 is 1.92 bits per heavy atom. The van der Waals surface area contributed by atoms with Crippen LogP contribution in [-0.2, 0) is 4.79 Å². The number of hydrogen-bond donors (Lipinski definition) is 2. The van der Waals surface area contributed by atoms with Crippen molar-refractivity contribution in [2.45, 2.75) is 12.8 Å². The molecule has 1 aliphatic rings. The third-order valence-electron chi connectivity index (χ3n) is 3.51. The predicted octanol–water partition coefficient (Wildman–Crippen LogP) is 2.30. The van der Waals surface area contributed by atoms with Gasteiger partial charge in [-0.3, -0.25) is 19.7 Å². The maximum absolute atomic E-state index is 11.9. The number of amides is 2. The topological polar surface area (TPSA) is 127 Å². The van der Waals surface area contributed by atoms with Crippen LogP contribution in [0.4, 0.5) is 11.6 Å². The van der Waals surface area contributed by atoms with Crippen molar-refractivity contribution in [3.05, 3.63) is 57.8 Å². The van der Waals surface area contributed by atoms with Crippen molar-refractivity contribution >= 4 is 29.6 Å². The molecular weight excluding hydrogens is 328 g/mol. The number of anilines is 1. The molecule has 1 aromatic carbocycles. The van der Waals surface area contributed by atoms with E-state index in [2.05, 4.69) is 15.8 Å². The van der Waals surface area contributed by atoms with Crippen LogP contribution in [0.2, 0.25) is 0 Å². The van der Waals surface area contributed by atoms with Crippen LogP contribution in [0.1, 0.15) is 29.0 Å². The van der Waals surface area contributed by atoms with Gasteiger partial charge in [-0.25, -0.2) is 5.43 Å². The smallest absolute Gasteiger partial charge is 0.400 e. The molecule has 1 fully saturated rings. The van der Waals surface area contributed by atoms with E-state index >= 15 is 0 Å². The molecule has 0 saturated heterocycles. The van der Waals surface area contributed by atoms with Gasteiger partial charge < -0.3 is 9.73 Å². The molecule has 1 heterocycles. The molecule has 0 atom stereocenters. The highest BCUT2D eigenvalue weighted by molar-refractivity contribution is 5.97. The number of rotatable bonds is 6. The van der Waals surface area contributed by atoms with E-state index in [4.69, 9.17) is 4.42 Å². The normalized spacial score (nSPS) is 13.6. The first kappa shape index (κ1) is 16.4. The molecule has 1 aromatic heterocycles. The van der Waals surface area contributed by atoms with Gasteiger partial charge in [-0.05, 0) is 43.2 Å². The maximum Gasteiger partial charge on any atom is 0.433 e. The first-order valence-corrected chi connectivity index (χ1v) is 7.51. The number of furan rings is 1. The summed E-state index contributed by atoms with van der Waals surface area (Å²) in [6.07, 6.45) is 3.00. The lowest BCUT2D eigenvalue weighted by Crippen LogP contribution is -2.18. The van der Waals surface area contributed by atoms with Crippen molar-refractivity contribution in [1.82, 2.24) is 5.43 Å². The summed E-state index contributed by atoms with van der Waals surface area (Å²) in [5.41, 5.74) is 3.27. The molecule has 3 rings (SSSR count). The zero-order valence-electron chi connectivity index (χ0n) is 13.0. The van der Waals surface area contributed by atoms with Gasteiger partial charge in [-0.2, -0.15) is 5.10 Å². The predicted molar refractivity (Wildman–Crippen MR) is 88.2 cm³/mol. The van der Waals surface area contributed by atoms with Gasteiger partial charge in [-0.1, -0.05) is 0 Å². The lowest BCUT2D eigenvalue weighted by molar-refractivity contribution is -0.402. The fourth-order valence-corrected chi connectivity index (χ4v) is 2.02. The van der Waals surface area contributed by atoms with Crippen molar-refractivity contribution in [3.63, 3.8) is 0 Å². The molecule has 2 aromatic rings. The molecule has 25 heavy (non-hydrogen) atoms. The van der Waals surface area contributed by atoms with Crippen molar-refractivity contribution in [3.8, 4) is 0 Å². The molecule has 0 spiro atoms. The number of carbonyl (C=O) groups excluding carboxylic acids is 2. The van der Waals surface area contributed by atoms with E-state index in [0.29, 0.717) is 11.3 Å². The minimum absolute atomic E-state index is 0.00524. The number of hydrazone groups is 1. The van der Waals surface area contributed by atoms with Crippen LogP contribution in [0.3, 0.4) is 0 Å². The van der Waals surface area contributed by atoms with Crippen LogP contribution in [0, 0.1) is 16.0 Å². The second kappa shape index (κ2) is 6.95. The van der Waals surface area contributed by atoms with Crippen LogP contribution < -0.4 is 10.7 Å². The molecule has 1 aliphatic carbocycles. The highest BCUT2D eigenvalue weighted by Crippen LogP contribution is 2.30. The lowest BCUT2D eigenvalue weighted by Gasteiger charge is -2.05. The van der Waals surface area contributed by atoms with E-state index in [9.17, 15) is 19.7 Å². The van der Waals surface area contributed by atoms with Crippen molar-refractivity contribution in [2.24, 2.45) is 11.0 Å². The SMILES string of the molecule is O=C(N/N=C/c1ccc([N+](=O)[O-])o1)c1ccc(NC(=O)C2CC2)cc1. The summed E-state index contributed by atoms with van der Waals surface area (Å²) in [5.74, 6) is -0.622. The number of nitrogens with one attached hydrogen (secondary N) is 2. The Balaban J connectivity index is 1.54. The standard InChI is InChI=1S/C16H14N4O5/c21-15(10-1-2-10)18-12-5-3-11(4-6-12)16(22)19-17-9-13-7-8-14(25-13)20(23)24/h3-10H,1-2H2,(H,18,21)(H,19,22)/b17-9+. The van der Waals surface area contributed by atoms with Gasteiger partial charge in [-0.15, -0.1) is 0 Å². The van der Waals surface area contributed by atoms with Gasteiger partial charge in [0.2, 0.25) is 5.91 Å². The Bertz CT molecular complexity index is 836. The summed E-state index contributed by atoms with van der Waals surface area (Å²) >= 11 is 0. The molecule has 0 unspecified atom stereocenters. The van der Waals surface area contributed by atoms with Crippen LogP contribution in [0.5, 0.6) is 0 Å². The molecular formula is C16H14N4O5. The highest BCUT2D eigenvalue weighted by Gasteiger charge is 2.29. The molecule has 2 amide bonds. The molecule has 9 nitrogen and oxygen atoms in total. The van der Waals surface area contributed by atoms with Crippen molar-refractivity contribution in [1.29, 1.82) is 0 Å². The Labute approximate surface area is 141 Å². The number of nitrogens with zero attached hydrogens (tertiary/aromatic N) is 2. The van der Waals surface area contributed by atoms with Gasteiger partial charge >= 0.3 is 5.88 Å². The summed E-state index contributed by atoms with van der Waals surface area (Å²) in [4.78, 5) is 33.4. The molecule has 0 radical (unpaired) electrons. The number of nitro groups is 1. The average molecular weight is 342 g/mol. The summed E-state index contributed by atoms with van der Waals surface area (Å²) in [6.45, 7) is 0. The van der Waals surface area contributed by atoms with Gasteiger partial charge in [0.05, 0.1) is 12.3 Å². The largest absolute Gasteiger partial charge is 0.433 e. The van der Waals surface area contributed by atoms with Crippen molar-refractivity contribution in [2.75, 3.05) is 5.32 Å². The van der Waals surface area contributed by atoms with Gasteiger partial charge in [0.25, 0.3) is 5.91 Å². The minimum atomic E-state index is -0.667. The van der Waals surface area contributed by atoms with E-state index in [0.717, 1.165) is 19.1 Å². The van der Waals surface area contributed by atoms with Gasteiger partial charge in [0.1, 0.15) is 4.92 Å². The quantitative estimate of drug-likeness (QED) is 0.473. The summed E-state index contributed by atoms with van der Waals surface area (Å²) in [7, 11) is 0. The van der Waals surface area contributed by atoms with E-state index in [-0.39, 0.29) is 17.6 Å². The maximum atomic E-state index is 11.9. The molecule has 0 aliphatic heterocycles. The van der Waals surface area contributed by atoms with Crippen LogP contribution in [0.25, 0.3) is 0 Å². The first-order valence-electron chi connectivity index (χ1n) is 7.51. The average Bonchev–Trinajstić information content (AvgIpc) is 3.34. The summed E-state index contributed by atoms with van der Waals surface area (Å²) in [5, 5.41) is 16.9. The lowest BCUT2D eigenvalue weighted by atomic mass is 10.2. The Kier molecular flexibility index (Phi) is 4.55. The van der Waals surface area contributed by atoms with Crippen LogP contribution in [0.15, 0.2) is 45.9 Å². The van der Waals surface area contributed by atoms with E-state index in [1.165, 1.54) is 12.1 Å². The number of carbonyl (C=O) groups is 2. The van der Waals surface area contributed by atoms with Crippen molar-refractivity contribution < 1.29 is 18.9 Å². The molecule has 128 valence electrons. The summed E-state index contributed by atoms with van der Waals surface area (Å²) < 4.78 is 4.87. The fraction of sp³-hybridized carbons (Fsp3) is 0.188. The van der Waals surface area contributed by atoms with E-state index in [1.807, 2.05) is 0 Å². The zero-order valence-corrected chi connectivity index (χ0v) is 13.0. The second-order valence-electron chi connectivity index (χ2n) is 5.47.